The summed E-state index contributed by atoms with van der Waals surface area (Å²) in [6.07, 6.45) is 2.06. The van der Waals surface area contributed by atoms with E-state index in [2.05, 4.69) is 40.3 Å². The van der Waals surface area contributed by atoms with Crippen LogP contribution in [0.1, 0.15) is 0 Å². The Kier molecular flexibility index (Phi) is 3.44. The lowest BCUT2D eigenvalue weighted by molar-refractivity contribution is 0.395. The number of nitrogens with one attached hydrogen (secondary N) is 1. The molecular weight excluding hydrogens is 264 g/mol. The molecule has 0 atom stereocenters. The summed E-state index contributed by atoms with van der Waals surface area (Å²) < 4.78 is 12.7. The molecule has 2 aromatic carbocycles. The Balaban J connectivity index is 1.93. The van der Waals surface area contributed by atoms with Crippen molar-refractivity contribution in [2.45, 2.75) is 0 Å². The number of hydrogen-bond donors (Lipinski definition) is 1. The summed E-state index contributed by atoms with van der Waals surface area (Å²) in [6, 6.07) is 14.1. The van der Waals surface area contributed by atoms with Crippen molar-refractivity contribution >= 4 is 22.3 Å². The normalized spacial score (nSPS) is 10.6. The molecule has 0 spiro atoms. The molecule has 1 heterocycles. The van der Waals surface area contributed by atoms with Crippen molar-refractivity contribution in [3.63, 3.8) is 0 Å². The molecule has 0 radical (unpaired) electrons. The van der Waals surface area contributed by atoms with E-state index >= 15 is 0 Å². The van der Waals surface area contributed by atoms with Crippen molar-refractivity contribution in [2.24, 2.45) is 7.05 Å². The predicted molar refractivity (Wildman–Crippen MR) is 85.7 cm³/mol. The third-order valence-corrected chi connectivity index (χ3v) is 3.53. The van der Waals surface area contributed by atoms with Gasteiger partial charge >= 0.3 is 0 Å². The largest absolute Gasteiger partial charge is 0.497 e. The Morgan fingerprint density at radius 1 is 0.857 bits per heavy atom. The molecule has 1 aromatic heterocycles. The molecule has 0 amide bonds. The molecule has 0 saturated heterocycles. The van der Waals surface area contributed by atoms with E-state index in [1.165, 1.54) is 10.9 Å². The van der Waals surface area contributed by atoms with Crippen molar-refractivity contribution in [3.8, 4) is 11.5 Å². The second-order valence-corrected chi connectivity index (χ2v) is 4.93. The van der Waals surface area contributed by atoms with Crippen LogP contribution in [0.15, 0.2) is 48.7 Å². The highest BCUT2D eigenvalue weighted by atomic mass is 16.5. The van der Waals surface area contributed by atoms with Gasteiger partial charge in [-0.1, -0.05) is 0 Å². The van der Waals surface area contributed by atoms with Gasteiger partial charge in [0.15, 0.2) is 0 Å². The van der Waals surface area contributed by atoms with Gasteiger partial charge in [-0.3, -0.25) is 0 Å². The van der Waals surface area contributed by atoms with Gasteiger partial charge in [-0.25, -0.2) is 0 Å². The van der Waals surface area contributed by atoms with Gasteiger partial charge in [-0.05, 0) is 24.3 Å². The molecule has 21 heavy (non-hydrogen) atoms. The van der Waals surface area contributed by atoms with Crippen molar-refractivity contribution in [1.82, 2.24) is 4.57 Å². The minimum absolute atomic E-state index is 0.762. The third-order valence-electron chi connectivity index (χ3n) is 3.53. The maximum Gasteiger partial charge on any atom is 0.124 e. The highest BCUT2D eigenvalue weighted by Gasteiger charge is 2.04. The van der Waals surface area contributed by atoms with Crippen LogP contribution in [-0.2, 0) is 7.05 Å². The Hall–Kier alpha value is -2.62. The van der Waals surface area contributed by atoms with Gasteiger partial charge in [0.1, 0.15) is 11.5 Å². The maximum absolute atomic E-state index is 5.29. The molecule has 1 N–H and O–H groups in total. The average molecular weight is 282 g/mol. The SMILES string of the molecule is COc1cc(Nc2ccc3c(ccn3C)c2)cc(OC)c1. The van der Waals surface area contributed by atoms with Gasteiger partial charge in [0.2, 0.25) is 0 Å². The number of aromatic nitrogens is 1. The summed E-state index contributed by atoms with van der Waals surface area (Å²) in [5.74, 6) is 1.52. The molecule has 0 saturated carbocycles. The topological polar surface area (TPSA) is 35.4 Å². The van der Waals surface area contributed by atoms with Gasteiger partial charge in [-0.2, -0.15) is 0 Å². The molecular formula is C17H18N2O2. The van der Waals surface area contributed by atoms with E-state index < -0.39 is 0 Å². The van der Waals surface area contributed by atoms with Crippen LogP contribution < -0.4 is 14.8 Å². The first-order chi connectivity index (χ1) is 10.2. The Labute approximate surface area is 123 Å². The minimum Gasteiger partial charge on any atom is -0.497 e. The Morgan fingerprint density at radius 2 is 1.57 bits per heavy atom. The highest BCUT2D eigenvalue weighted by molar-refractivity contribution is 5.84. The fourth-order valence-corrected chi connectivity index (χ4v) is 2.41. The zero-order valence-electron chi connectivity index (χ0n) is 12.4. The van der Waals surface area contributed by atoms with Crippen molar-refractivity contribution in [2.75, 3.05) is 19.5 Å². The van der Waals surface area contributed by atoms with E-state index in [1.54, 1.807) is 14.2 Å². The number of methoxy groups -OCH3 is 2. The van der Waals surface area contributed by atoms with Crippen LogP contribution in [0, 0.1) is 0 Å². The lowest BCUT2D eigenvalue weighted by atomic mass is 10.2. The molecule has 108 valence electrons. The maximum atomic E-state index is 5.29. The number of rotatable bonds is 4. The highest BCUT2D eigenvalue weighted by Crippen LogP contribution is 2.29. The van der Waals surface area contributed by atoms with Crippen molar-refractivity contribution in [1.29, 1.82) is 0 Å². The van der Waals surface area contributed by atoms with Crippen LogP contribution in [0.3, 0.4) is 0 Å². The number of ether oxygens (including phenoxy) is 2. The molecule has 4 nitrogen and oxygen atoms in total. The van der Waals surface area contributed by atoms with Crippen LogP contribution in [-0.4, -0.2) is 18.8 Å². The van der Waals surface area contributed by atoms with E-state index in [9.17, 15) is 0 Å². The van der Waals surface area contributed by atoms with Gasteiger partial charge in [-0.15, -0.1) is 0 Å². The van der Waals surface area contributed by atoms with Crippen LogP contribution in [0.5, 0.6) is 11.5 Å². The Morgan fingerprint density at radius 3 is 2.24 bits per heavy atom. The first kappa shape index (κ1) is 13.4. The number of anilines is 2. The number of nitrogens with zero attached hydrogens (tertiary/aromatic N) is 1. The number of hydrogen-bond acceptors (Lipinski definition) is 3. The van der Waals surface area contributed by atoms with E-state index in [0.717, 1.165) is 22.9 Å². The van der Waals surface area contributed by atoms with Gasteiger partial charge < -0.3 is 19.4 Å². The first-order valence-corrected chi connectivity index (χ1v) is 6.75. The number of fused-ring (bicyclic) bond motifs is 1. The zero-order valence-corrected chi connectivity index (χ0v) is 12.4. The molecule has 0 unspecified atom stereocenters. The standard InChI is InChI=1S/C17H18N2O2/c1-19-7-6-12-8-13(4-5-17(12)19)18-14-9-15(20-2)11-16(10-14)21-3/h4-11,18H,1-3H3. The van der Waals surface area contributed by atoms with E-state index in [4.69, 9.17) is 9.47 Å². The van der Waals surface area contributed by atoms with E-state index in [1.807, 2.05) is 25.2 Å². The third kappa shape index (κ3) is 2.65. The van der Waals surface area contributed by atoms with Gasteiger partial charge in [0, 0.05) is 53.7 Å². The second kappa shape index (κ2) is 5.40. The molecule has 0 aliphatic rings. The summed E-state index contributed by atoms with van der Waals surface area (Å²) in [5.41, 5.74) is 3.18. The summed E-state index contributed by atoms with van der Waals surface area (Å²) in [4.78, 5) is 0. The summed E-state index contributed by atoms with van der Waals surface area (Å²) in [6.45, 7) is 0. The van der Waals surface area contributed by atoms with Gasteiger partial charge in [0.25, 0.3) is 0 Å². The monoisotopic (exact) mass is 282 g/mol. The van der Waals surface area contributed by atoms with E-state index in [0.29, 0.717) is 0 Å². The van der Waals surface area contributed by atoms with Crippen LogP contribution in [0.25, 0.3) is 10.9 Å². The van der Waals surface area contributed by atoms with Crippen molar-refractivity contribution in [3.05, 3.63) is 48.7 Å². The summed E-state index contributed by atoms with van der Waals surface area (Å²) in [7, 11) is 5.34. The van der Waals surface area contributed by atoms with Crippen LogP contribution >= 0.6 is 0 Å². The van der Waals surface area contributed by atoms with Crippen LogP contribution in [0.2, 0.25) is 0 Å². The number of benzene rings is 2. The molecule has 4 heteroatoms. The summed E-state index contributed by atoms with van der Waals surface area (Å²) in [5, 5.41) is 4.59. The average Bonchev–Trinajstić information content (AvgIpc) is 2.87. The smallest absolute Gasteiger partial charge is 0.124 e. The fraction of sp³-hybridized carbons (Fsp3) is 0.176. The molecule has 0 bridgehead atoms. The Bertz CT molecular complexity index is 755. The fourth-order valence-electron chi connectivity index (χ4n) is 2.41. The lowest BCUT2D eigenvalue weighted by Crippen LogP contribution is -1.94. The van der Waals surface area contributed by atoms with Crippen molar-refractivity contribution < 1.29 is 9.47 Å². The lowest BCUT2D eigenvalue weighted by Gasteiger charge is -2.11. The first-order valence-electron chi connectivity index (χ1n) is 6.75. The van der Waals surface area contributed by atoms with E-state index in [-0.39, 0.29) is 0 Å². The number of aryl methyl sites for hydroxylation is 1. The molecule has 0 fully saturated rings. The van der Waals surface area contributed by atoms with Crippen LogP contribution in [0.4, 0.5) is 11.4 Å². The quantitative estimate of drug-likeness (QED) is 0.787. The molecule has 0 aliphatic heterocycles. The molecule has 0 aliphatic carbocycles. The zero-order chi connectivity index (χ0) is 14.8. The molecule has 3 rings (SSSR count). The molecule has 3 aromatic rings. The summed E-state index contributed by atoms with van der Waals surface area (Å²) >= 11 is 0. The minimum atomic E-state index is 0.762. The predicted octanol–water partition coefficient (Wildman–Crippen LogP) is 3.94. The second-order valence-electron chi connectivity index (χ2n) is 4.93. The van der Waals surface area contributed by atoms with Gasteiger partial charge in [0.05, 0.1) is 14.2 Å².